The topological polar surface area (TPSA) is 29.8 Å². The molecule has 4 rings (SSSR count). The molecule has 0 N–H and O–H groups in total. The van der Waals surface area contributed by atoms with E-state index >= 15 is 0 Å². The smallest absolute Gasteiger partial charge is 0.0659 e. The summed E-state index contributed by atoms with van der Waals surface area (Å²) in [7, 11) is 0. The number of aryl methyl sites for hydroxylation is 1. The molecule has 23 heavy (non-hydrogen) atoms. The Morgan fingerprint density at radius 3 is 2.65 bits per heavy atom. The molecule has 2 aromatic carbocycles. The molecular weight excluding hydrogens is 286 g/mol. The lowest BCUT2D eigenvalue weighted by Crippen LogP contribution is -2.32. The molecule has 1 aliphatic heterocycles. The predicted molar refractivity (Wildman–Crippen MR) is 95.1 cm³/mol. The Labute approximate surface area is 136 Å². The van der Waals surface area contributed by atoms with Crippen molar-refractivity contribution in [2.75, 3.05) is 26.3 Å². The van der Waals surface area contributed by atoms with Crippen LogP contribution in [0.2, 0.25) is 0 Å². The SMILES string of the molecule is CCn1c2ccccc2c2cc(/C=N/N3CCOCC3)ccc21. The molecule has 2 heterocycles. The predicted octanol–water partition coefficient (Wildman–Crippen LogP) is 3.48. The Kier molecular flexibility index (Phi) is 3.75. The maximum atomic E-state index is 5.35. The Bertz CT molecular complexity index is 860. The molecule has 0 aliphatic carbocycles. The van der Waals surface area contributed by atoms with Crippen molar-refractivity contribution in [2.24, 2.45) is 5.10 Å². The second-order valence-corrected chi connectivity index (χ2v) is 5.85. The second kappa shape index (κ2) is 6.05. The van der Waals surface area contributed by atoms with Crippen molar-refractivity contribution in [2.45, 2.75) is 13.5 Å². The molecule has 1 fully saturated rings. The number of rotatable bonds is 3. The highest BCUT2D eigenvalue weighted by molar-refractivity contribution is 6.09. The number of nitrogens with zero attached hydrogens (tertiary/aromatic N) is 3. The molecule has 3 aromatic rings. The van der Waals surface area contributed by atoms with Crippen molar-refractivity contribution >= 4 is 28.0 Å². The van der Waals surface area contributed by atoms with Gasteiger partial charge in [-0.05, 0) is 30.7 Å². The third kappa shape index (κ3) is 2.59. The zero-order valence-corrected chi connectivity index (χ0v) is 13.4. The van der Waals surface area contributed by atoms with Crippen molar-refractivity contribution in [3.63, 3.8) is 0 Å². The van der Waals surface area contributed by atoms with E-state index in [9.17, 15) is 0 Å². The van der Waals surface area contributed by atoms with E-state index in [4.69, 9.17) is 4.74 Å². The third-order valence-electron chi connectivity index (χ3n) is 4.47. The first kappa shape index (κ1) is 14.3. The fourth-order valence-corrected chi connectivity index (χ4v) is 3.31. The van der Waals surface area contributed by atoms with Gasteiger partial charge in [-0.2, -0.15) is 5.10 Å². The maximum absolute atomic E-state index is 5.35. The van der Waals surface area contributed by atoms with Gasteiger partial charge in [-0.3, -0.25) is 5.01 Å². The van der Waals surface area contributed by atoms with Crippen molar-refractivity contribution in [3.8, 4) is 0 Å². The van der Waals surface area contributed by atoms with Gasteiger partial charge in [0.25, 0.3) is 0 Å². The van der Waals surface area contributed by atoms with Gasteiger partial charge < -0.3 is 9.30 Å². The van der Waals surface area contributed by atoms with Crippen LogP contribution in [0.4, 0.5) is 0 Å². The molecule has 0 saturated carbocycles. The maximum Gasteiger partial charge on any atom is 0.0659 e. The van der Waals surface area contributed by atoms with Gasteiger partial charge in [0.05, 0.1) is 32.5 Å². The Hall–Kier alpha value is -2.33. The van der Waals surface area contributed by atoms with Crippen molar-refractivity contribution in [3.05, 3.63) is 48.0 Å². The molecule has 0 atom stereocenters. The number of morpholine rings is 1. The van der Waals surface area contributed by atoms with Gasteiger partial charge in [0.15, 0.2) is 0 Å². The standard InChI is InChI=1S/C19H21N3O/c1-2-22-18-6-4-3-5-16(18)17-13-15(7-8-19(17)22)14-20-21-9-11-23-12-10-21/h3-8,13-14H,2,9-12H2,1H3/b20-14+. The average molecular weight is 307 g/mol. The van der Waals surface area contributed by atoms with Crippen molar-refractivity contribution in [1.29, 1.82) is 0 Å². The van der Waals surface area contributed by atoms with E-state index in [1.807, 2.05) is 6.21 Å². The number of ether oxygens (including phenoxy) is 1. The van der Waals surface area contributed by atoms with Crippen LogP contribution in [0.15, 0.2) is 47.6 Å². The fraction of sp³-hybridized carbons (Fsp3) is 0.316. The summed E-state index contributed by atoms with van der Waals surface area (Å²) in [5.41, 5.74) is 3.73. The van der Waals surface area contributed by atoms with Gasteiger partial charge in [-0.15, -0.1) is 0 Å². The van der Waals surface area contributed by atoms with Crippen LogP contribution >= 0.6 is 0 Å². The lowest BCUT2D eigenvalue weighted by molar-refractivity contribution is 0.0397. The Morgan fingerprint density at radius 2 is 1.83 bits per heavy atom. The minimum absolute atomic E-state index is 0.764. The van der Waals surface area contributed by atoms with Crippen molar-refractivity contribution < 1.29 is 4.74 Å². The minimum Gasteiger partial charge on any atom is -0.378 e. The number of hydrogen-bond donors (Lipinski definition) is 0. The highest BCUT2D eigenvalue weighted by Gasteiger charge is 2.10. The third-order valence-corrected chi connectivity index (χ3v) is 4.47. The van der Waals surface area contributed by atoms with Gasteiger partial charge >= 0.3 is 0 Å². The Balaban J connectivity index is 1.75. The van der Waals surface area contributed by atoms with E-state index in [-0.39, 0.29) is 0 Å². The number of fused-ring (bicyclic) bond motifs is 3. The molecular formula is C19H21N3O. The number of aromatic nitrogens is 1. The van der Waals surface area contributed by atoms with E-state index in [0.717, 1.165) is 38.4 Å². The van der Waals surface area contributed by atoms with Crippen LogP contribution in [0.1, 0.15) is 12.5 Å². The van der Waals surface area contributed by atoms with Crippen LogP contribution in [0.3, 0.4) is 0 Å². The summed E-state index contributed by atoms with van der Waals surface area (Å²) in [6.45, 7) is 6.44. The van der Waals surface area contributed by atoms with Gasteiger partial charge in [-0.25, -0.2) is 0 Å². The number of hydrazone groups is 1. The summed E-state index contributed by atoms with van der Waals surface area (Å²) in [5.74, 6) is 0. The lowest BCUT2D eigenvalue weighted by atomic mass is 10.1. The van der Waals surface area contributed by atoms with Crippen LogP contribution in [0, 0.1) is 0 Å². The summed E-state index contributed by atoms with van der Waals surface area (Å²) >= 11 is 0. The van der Waals surface area contributed by atoms with Crippen LogP contribution < -0.4 is 0 Å². The Morgan fingerprint density at radius 1 is 1.04 bits per heavy atom. The van der Waals surface area contributed by atoms with E-state index in [2.05, 4.69) is 64.1 Å². The quantitative estimate of drug-likeness (QED) is 0.693. The molecule has 1 aromatic heterocycles. The molecule has 118 valence electrons. The summed E-state index contributed by atoms with van der Waals surface area (Å²) < 4.78 is 7.72. The molecule has 0 radical (unpaired) electrons. The first-order chi connectivity index (χ1) is 11.4. The van der Waals surface area contributed by atoms with Gasteiger partial charge in [0.1, 0.15) is 0 Å². The average Bonchev–Trinajstić information content (AvgIpc) is 2.94. The van der Waals surface area contributed by atoms with Gasteiger partial charge in [0, 0.05) is 28.4 Å². The molecule has 1 saturated heterocycles. The second-order valence-electron chi connectivity index (χ2n) is 5.85. The largest absolute Gasteiger partial charge is 0.378 e. The molecule has 1 aliphatic rings. The molecule has 4 heteroatoms. The van der Waals surface area contributed by atoms with Crippen LogP contribution in [0.25, 0.3) is 21.8 Å². The van der Waals surface area contributed by atoms with Crippen LogP contribution in [-0.2, 0) is 11.3 Å². The van der Waals surface area contributed by atoms with Crippen LogP contribution in [-0.4, -0.2) is 42.1 Å². The van der Waals surface area contributed by atoms with E-state index in [0.29, 0.717) is 0 Å². The molecule has 0 spiro atoms. The molecule has 0 unspecified atom stereocenters. The summed E-state index contributed by atoms with van der Waals surface area (Å²) in [4.78, 5) is 0. The minimum atomic E-state index is 0.764. The van der Waals surface area contributed by atoms with E-state index < -0.39 is 0 Å². The summed E-state index contributed by atoms with van der Waals surface area (Å²) in [6, 6.07) is 15.2. The summed E-state index contributed by atoms with van der Waals surface area (Å²) in [5, 5.41) is 9.27. The fourth-order valence-electron chi connectivity index (χ4n) is 3.31. The molecule has 4 nitrogen and oxygen atoms in total. The zero-order chi connectivity index (χ0) is 15.6. The first-order valence-corrected chi connectivity index (χ1v) is 8.24. The van der Waals surface area contributed by atoms with E-state index in [1.54, 1.807) is 0 Å². The zero-order valence-electron chi connectivity index (χ0n) is 13.4. The number of hydrogen-bond acceptors (Lipinski definition) is 3. The lowest BCUT2D eigenvalue weighted by Gasteiger charge is -2.23. The van der Waals surface area contributed by atoms with Crippen LogP contribution in [0.5, 0.6) is 0 Å². The monoisotopic (exact) mass is 307 g/mol. The highest BCUT2D eigenvalue weighted by atomic mass is 16.5. The van der Waals surface area contributed by atoms with Gasteiger partial charge in [-0.1, -0.05) is 24.3 Å². The molecule has 0 amide bonds. The number of benzene rings is 2. The highest BCUT2D eigenvalue weighted by Crippen LogP contribution is 2.29. The van der Waals surface area contributed by atoms with Crippen molar-refractivity contribution in [1.82, 2.24) is 9.58 Å². The first-order valence-electron chi connectivity index (χ1n) is 8.24. The van der Waals surface area contributed by atoms with E-state index in [1.165, 1.54) is 21.8 Å². The molecule has 0 bridgehead atoms. The normalized spacial score (nSPS) is 16.0. The van der Waals surface area contributed by atoms with Gasteiger partial charge in [0.2, 0.25) is 0 Å². The number of para-hydroxylation sites is 1. The summed E-state index contributed by atoms with van der Waals surface area (Å²) in [6.07, 6.45) is 1.96.